The number of carbonyl (C=O) groups excluding carboxylic acids is 2. The highest BCUT2D eigenvalue weighted by molar-refractivity contribution is 8.00. The van der Waals surface area contributed by atoms with Gasteiger partial charge in [0.05, 0.1) is 11.5 Å². The van der Waals surface area contributed by atoms with Crippen molar-refractivity contribution in [3.63, 3.8) is 0 Å². The average Bonchev–Trinajstić information content (AvgIpc) is 3.06. The molecule has 30 heavy (non-hydrogen) atoms. The molecule has 0 aromatic heterocycles. The van der Waals surface area contributed by atoms with Crippen molar-refractivity contribution in [1.29, 1.82) is 0 Å². The number of nitrogens with one attached hydrogen (secondary N) is 2. The molecular formula is C23H26N2O4S. The van der Waals surface area contributed by atoms with Crippen LogP contribution in [0, 0.1) is 6.92 Å². The molecule has 0 bridgehead atoms. The minimum atomic E-state index is -0.524. The van der Waals surface area contributed by atoms with Crippen molar-refractivity contribution in [2.75, 3.05) is 22.1 Å². The topological polar surface area (TPSA) is 76.7 Å². The Morgan fingerprint density at radius 3 is 2.17 bits per heavy atom. The standard InChI is InChI=1S/C23H26N2O4S/c1-16-5-7-17(8-6-16)24-21(26)14-30-15-22(27)25-18-9-10-19-20(13-18)29-23(28-19)11-3-2-4-12-23/h5-10,13H,2-4,11-12,14-15H2,1H3,(H,24,26)(H,25,27). The highest BCUT2D eigenvalue weighted by Crippen LogP contribution is 2.46. The normalized spacial score (nSPS) is 16.3. The summed E-state index contributed by atoms with van der Waals surface area (Å²) < 4.78 is 12.2. The second kappa shape index (κ2) is 9.00. The van der Waals surface area contributed by atoms with Crippen LogP contribution >= 0.6 is 11.8 Å². The first kappa shape index (κ1) is 20.6. The number of aryl methyl sites for hydroxylation is 1. The van der Waals surface area contributed by atoms with Gasteiger partial charge in [0.15, 0.2) is 11.5 Å². The fraction of sp³-hybridized carbons (Fsp3) is 0.391. The van der Waals surface area contributed by atoms with E-state index in [2.05, 4.69) is 10.6 Å². The zero-order valence-electron chi connectivity index (χ0n) is 17.0. The van der Waals surface area contributed by atoms with E-state index in [1.54, 1.807) is 0 Å². The molecule has 2 aromatic rings. The summed E-state index contributed by atoms with van der Waals surface area (Å²) in [5.41, 5.74) is 2.56. The monoisotopic (exact) mass is 426 g/mol. The summed E-state index contributed by atoms with van der Waals surface area (Å²) in [7, 11) is 0. The van der Waals surface area contributed by atoms with Crippen LogP contribution in [0.3, 0.4) is 0 Å². The Morgan fingerprint density at radius 2 is 1.47 bits per heavy atom. The molecule has 0 saturated heterocycles. The molecule has 158 valence electrons. The van der Waals surface area contributed by atoms with Crippen LogP contribution in [0.2, 0.25) is 0 Å². The Kier molecular flexibility index (Phi) is 6.18. The zero-order valence-corrected chi connectivity index (χ0v) is 17.8. The molecule has 1 heterocycles. The van der Waals surface area contributed by atoms with Gasteiger partial charge in [0, 0.05) is 30.3 Å². The van der Waals surface area contributed by atoms with Crippen LogP contribution in [0.4, 0.5) is 11.4 Å². The fourth-order valence-electron chi connectivity index (χ4n) is 3.73. The van der Waals surface area contributed by atoms with Crippen molar-refractivity contribution in [3.05, 3.63) is 48.0 Å². The van der Waals surface area contributed by atoms with Gasteiger partial charge in [0.1, 0.15) is 0 Å². The first-order valence-electron chi connectivity index (χ1n) is 10.3. The van der Waals surface area contributed by atoms with Crippen molar-refractivity contribution < 1.29 is 19.1 Å². The maximum atomic E-state index is 12.2. The lowest BCUT2D eigenvalue weighted by Gasteiger charge is -2.31. The number of fused-ring (bicyclic) bond motifs is 1. The molecule has 6 nitrogen and oxygen atoms in total. The molecule has 1 fully saturated rings. The highest BCUT2D eigenvalue weighted by Gasteiger charge is 2.42. The Hall–Kier alpha value is -2.67. The maximum Gasteiger partial charge on any atom is 0.251 e. The Bertz CT molecular complexity index is 923. The first-order chi connectivity index (χ1) is 14.5. The lowest BCUT2D eigenvalue weighted by molar-refractivity contribution is -0.114. The van der Waals surface area contributed by atoms with Crippen LogP contribution < -0.4 is 20.1 Å². The Morgan fingerprint density at radius 1 is 0.867 bits per heavy atom. The number of rotatable bonds is 6. The van der Waals surface area contributed by atoms with Gasteiger partial charge in [-0.25, -0.2) is 0 Å². The number of hydrogen-bond acceptors (Lipinski definition) is 5. The van der Waals surface area contributed by atoms with E-state index >= 15 is 0 Å². The van der Waals surface area contributed by atoms with Crippen molar-refractivity contribution in [2.45, 2.75) is 44.8 Å². The molecule has 7 heteroatoms. The summed E-state index contributed by atoms with van der Waals surface area (Å²) in [6.45, 7) is 1.99. The lowest BCUT2D eigenvalue weighted by atomic mass is 9.94. The van der Waals surface area contributed by atoms with Crippen LogP contribution in [0.15, 0.2) is 42.5 Å². The number of benzene rings is 2. The zero-order chi connectivity index (χ0) is 21.0. The van der Waals surface area contributed by atoms with Gasteiger partial charge >= 0.3 is 0 Å². The van der Waals surface area contributed by atoms with Crippen LogP contribution in [0.5, 0.6) is 11.5 Å². The summed E-state index contributed by atoms with van der Waals surface area (Å²) >= 11 is 1.27. The van der Waals surface area contributed by atoms with Gasteiger partial charge in [-0.15, -0.1) is 11.8 Å². The first-order valence-corrected chi connectivity index (χ1v) is 11.4. The smallest absolute Gasteiger partial charge is 0.251 e. The highest BCUT2D eigenvalue weighted by atomic mass is 32.2. The molecule has 0 atom stereocenters. The molecule has 0 radical (unpaired) electrons. The van der Waals surface area contributed by atoms with Gasteiger partial charge < -0.3 is 20.1 Å². The molecule has 1 saturated carbocycles. The Labute approximate surface area is 180 Å². The molecule has 4 rings (SSSR count). The number of carbonyl (C=O) groups is 2. The molecule has 1 spiro atoms. The van der Waals surface area contributed by atoms with Crippen LogP contribution in [-0.4, -0.2) is 29.1 Å². The van der Waals surface area contributed by atoms with E-state index in [-0.39, 0.29) is 23.3 Å². The molecule has 0 unspecified atom stereocenters. The van der Waals surface area contributed by atoms with Gasteiger partial charge in [-0.1, -0.05) is 24.1 Å². The summed E-state index contributed by atoms with van der Waals surface area (Å²) in [6, 6.07) is 13.1. The summed E-state index contributed by atoms with van der Waals surface area (Å²) in [4.78, 5) is 24.3. The third-order valence-electron chi connectivity index (χ3n) is 5.24. The van der Waals surface area contributed by atoms with E-state index in [1.807, 2.05) is 49.4 Å². The van der Waals surface area contributed by atoms with Crippen LogP contribution in [-0.2, 0) is 9.59 Å². The van der Waals surface area contributed by atoms with Crippen LogP contribution in [0.25, 0.3) is 0 Å². The quantitative estimate of drug-likeness (QED) is 0.698. The second-order valence-corrected chi connectivity index (χ2v) is 8.78. The van der Waals surface area contributed by atoms with Crippen molar-refractivity contribution >= 4 is 35.0 Å². The maximum absolute atomic E-state index is 12.2. The summed E-state index contributed by atoms with van der Waals surface area (Å²) in [6.07, 6.45) is 5.21. The molecule has 2 N–H and O–H groups in total. The third kappa shape index (κ3) is 5.08. The minimum absolute atomic E-state index is 0.127. The molecule has 2 aromatic carbocycles. The van der Waals surface area contributed by atoms with Gasteiger partial charge in [0.25, 0.3) is 5.79 Å². The van der Waals surface area contributed by atoms with Gasteiger partial charge in [-0.05, 0) is 44.0 Å². The van der Waals surface area contributed by atoms with Crippen molar-refractivity contribution in [3.8, 4) is 11.5 Å². The summed E-state index contributed by atoms with van der Waals surface area (Å²) in [5.74, 6) is 1.01. The summed E-state index contributed by atoms with van der Waals surface area (Å²) in [5, 5.41) is 5.69. The van der Waals surface area contributed by atoms with E-state index in [4.69, 9.17) is 9.47 Å². The van der Waals surface area contributed by atoms with E-state index in [0.29, 0.717) is 11.4 Å². The molecule has 1 aliphatic carbocycles. The predicted octanol–water partition coefficient (Wildman–Crippen LogP) is 4.74. The molecule has 1 aliphatic heterocycles. The average molecular weight is 427 g/mol. The lowest BCUT2D eigenvalue weighted by Crippen LogP contribution is -2.40. The number of amides is 2. The van der Waals surface area contributed by atoms with E-state index < -0.39 is 5.79 Å². The van der Waals surface area contributed by atoms with Crippen LogP contribution in [0.1, 0.15) is 37.7 Å². The molecule has 2 aliphatic rings. The number of ether oxygens (including phenoxy) is 2. The molecule has 2 amide bonds. The van der Waals surface area contributed by atoms with Crippen molar-refractivity contribution in [2.24, 2.45) is 0 Å². The fourth-order valence-corrected chi connectivity index (χ4v) is 4.35. The molecular weight excluding hydrogens is 400 g/mol. The van der Waals surface area contributed by atoms with Gasteiger partial charge in [-0.2, -0.15) is 0 Å². The second-order valence-electron chi connectivity index (χ2n) is 7.79. The number of anilines is 2. The third-order valence-corrected chi connectivity index (χ3v) is 6.17. The van der Waals surface area contributed by atoms with E-state index in [1.165, 1.54) is 18.2 Å². The number of thioether (sulfide) groups is 1. The van der Waals surface area contributed by atoms with Gasteiger partial charge in [-0.3, -0.25) is 9.59 Å². The minimum Gasteiger partial charge on any atom is -0.448 e. The predicted molar refractivity (Wildman–Crippen MR) is 119 cm³/mol. The van der Waals surface area contributed by atoms with E-state index in [9.17, 15) is 9.59 Å². The Balaban J connectivity index is 1.23. The number of hydrogen-bond donors (Lipinski definition) is 2. The van der Waals surface area contributed by atoms with E-state index in [0.717, 1.165) is 42.7 Å². The SMILES string of the molecule is Cc1ccc(NC(=O)CSCC(=O)Nc2ccc3c(c2)OC2(CCCCC2)O3)cc1. The largest absolute Gasteiger partial charge is 0.448 e. The van der Waals surface area contributed by atoms with Gasteiger partial charge in [0.2, 0.25) is 11.8 Å². The van der Waals surface area contributed by atoms with Crippen molar-refractivity contribution in [1.82, 2.24) is 0 Å².